The zero-order valence-corrected chi connectivity index (χ0v) is 15.6. The maximum atomic E-state index is 13.0. The van der Waals surface area contributed by atoms with Gasteiger partial charge in [0, 0.05) is 25.0 Å². The van der Waals surface area contributed by atoms with Crippen molar-refractivity contribution < 1.29 is 19.2 Å². The number of imide groups is 2. The third kappa shape index (κ3) is 3.33. The minimum Gasteiger partial charge on any atom is -0.328 e. The minimum absolute atomic E-state index is 0.111. The number of nitrogens with two attached hydrogens (primary N) is 1. The highest BCUT2D eigenvalue weighted by atomic mass is 16.2. The van der Waals surface area contributed by atoms with Crippen molar-refractivity contribution in [3.63, 3.8) is 0 Å². The first-order valence-electron chi connectivity index (χ1n) is 9.78. The highest BCUT2D eigenvalue weighted by Gasteiger charge is 2.45. The standard InChI is InChI=1S/C20H24N4O4/c21-12-4-2-5-13(9-12)22-10-11-3-1-6-14-17(11)20(28)24(19(14)27)15-7-8-16(25)23-18(15)26/h1,3,6,12-13,15,22H,2,4-5,7-10,21H2,(H,23,25,26)/t12-,13+,15?/m1/s1. The number of benzene rings is 1. The summed E-state index contributed by atoms with van der Waals surface area (Å²) < 4.78 is 0. The van der Waals surface area contributed by atoms with Gasteiger partial charge in [0.1, 0.15) is 6.04 Å². The first kappa shape index (κ1) is 18.8. The number of fused-ring (bicyclic) bond motifs is 1. The maximum absolute atomic E-state index is 13.0. The van der Waals surface area contributed by atoms with Crippen molar-refractivity contribution in [3.05, 3.63) is 34.9 Å². The fourth-order valence-electron chi connectivity index (χ4n) is 4.40. The molecule has 8 heteroatoms. The molecule has 1 saturated heterocycles. The highest BCUT2D eigenvalue weighted by molar-refractivity contribution is 6.24. The summed E-state index contributed by atoms with van der Waals surface area (Å²) in [7, 11) is 0. The molecule has 4 amide bonds. The molecule has 0 spiro atoms. The van der Waals surface area contributed by atoms with Crippen molar-refractivity contribution in [1.29, 1.82) is 0 Å². The molecular formula is C20H24N4O4. The molecule has 148 valence electrons. The average Bonchev–Trinajstić information content (AvgIpc) is 2.92. The molecule has 2 fully saturated rings. The van der Waals surface area contributed by atoms with Gasteiger partial charge in [0.2, 0.25) is 11.8 Å². The summed E-state index contributed by atoms with van der Waals surface area (Å²) in [5.74, 6) is -1.92. The molecule has 28 heavy (non-hydrogen) atoms. The fourth-order valence-corrected chi connectivity index (χ4v) is 4.40. The number of amides is 4. The van der Waals surface area contributed by atoms with Crippen LogP contribution in [0, 0.1) is 0 Å². The SMILES string of the molecule is N[C@@H]1CCC[C@H](NCc2cccc3c2C(=O)N(C2CCC(=O)NC2=O)C3=O)C1. The zero-order chi connectivity index (χ0) is 19.8. The van der Waals surface area contributed by atoms with Crippen molar-refractivity contribution in [3.8, 4) is 0 Å². The minimum atomic E-state index is -0.942. The molecule has 4 N–H and O–H groups in total. The summed E-state index contributed by atoms with van der Waals surface area (Å²) >= 11 is 0. The van der Waals surface area contributed by atoms with Crippen LogP contribution in [0.15, 0.2) is 18.2 Å². The lowest BCUT2D eigenvalue weighted by Gasteiger charge is -2.28. The second-order valence-corrected chi connectivity index (χ2v) is 7.79. The van der Waals surface area contributed by atoms with E-state index in [1.807, 2.05) is 6.07 Å². The van der Waals surface area contributed by atoms with Gasteiger partial charge in [-0.05, 0) is 37.3 Å². The Morgan fingerprint density at radius 3 is 2.68 bits per heavy atom. The van der Waals surface area contributed by atoms with Crippen molar-refractivity contribution in [2.24, 2.45) is 5.73 Å². The highest BCUT2D eigenvalue weighted by Crippen LogP contribution is 2.30. The summed E-state index contributed by atoms with van der Waals surface area (Å²) in [6, 6.07) is 4.73. The second kappa shape index (κ2) is 7.44. The van der Waals surface area contributed by atoms with E-state index < -0.39 is 23.8 Å². The lowest BCUT2D eigenvalue weighted by Crippen LogP contribution is -2.54. The Morgan fingerprint density at radius 1 is 1.11 bits per heavy atom. The first-order valence-corrected chi connectivity index (χ1v) is 9.78. The number of carbonyl (C=O) groups excluding carboxylic acids is 4. The number of carbonyl (C=O) groups is 4. The molecule has 1 unspecified atom stereocenters. The van der Waals surface area contributed by atoms with Gasteiger partial charge in [0.15, 0.2) is 0 Å². The Bertz CT molecular complexity index is 853. The summed E-state index contributed by atoms with van der Waals surface area (Å²) in [6.45, 7) is 0.461. The number of rotatable bonds is 4. The predicted octanol–water partition coefficient (Wildman–Crippen LogP) is 0.447. The lowest BCUT2D eigenvalue weighted by atomic mass is 9.91. The van der Waals surface area contributed by atoms with Crippen LogP contribution in [-0.4, -0.2) is 46.7 Å². The van der Waals surface area contributed by atoms with Crippen LogP contribution < -0.4 is 16.4 Å². The van der Waals surface area contributed by atoms with Crippen LogP contribution in [0.5, 0.6) is 0 Å². The largest absolute Gasteiger partial charge is 0.328 e. The Morgan fingerprint density at radius 2 is 1.93 bits per heavy atom. The van der Waals surface area contributed by atoms with Crippen molar-refractivity contribution in [2.75, 3.05) is 0 Å². The third-order valence-corrected chi connectivity index (χ3v) is 5.85. The smallest absolute Gasteiger partial charge is 0.262 e. The molecule has 3 atom stereocenters. The third-order valence-electron chi connectivity index (χ3n) is 5.85. The van der Waals surface area contributed by atoms with Gasteiger partial charge in [-0.3, -0.25) is 29.4 Å². The van der Waals surface area contributed by atoms with E-state index in [0.717, 1.165) is 36.1 Å². The lowest BCUT2D eigenvalue weighted by molar-refractivity contribution is -0.136. The van der Waals surface area contributed by atoms with Gasteiger partial charge in [0.25, 0.3) is 11.8 Å². The van der Waals surface area contributed by atoms with E-state index in [0.29, 0.717) is 17.7 Å². The van der Waals surface area contributed by atoms with Crippen LogP contribution in [-0.2, 0) is 16.1 Å². The zero-order valence-electron chi connectivity index (χ0n) is 15.6. The average molecular weight is 384 g/mol. The van der Waals surface area contributed by atoms with Gasteiger partial charge in [-0.2, -0.15) is 0 Å². The van der Waals surface area contributed by atoms with Crippen LogP contribution in [0.2, 0.25) is 0 Å². The number of piperidine rings is 1. The molecule has 1 saturated carbocycles. The summed E-state index contributed by atoms with van der Waals surface area (Å²) in [5, 5.41) is 5.67. The monoisotopic (exact) mass is 384 g/mol. The van der Waals surface area contributed by atoms with Crippen molar-refractivity contribution in [2.45, 2.75) is 63.2 Å². The number of hydrogen-bond donors (Lipinski definition) is 3. The first-order chi connectivity index (χ1) is 13.5. The molecule has 2 aliphatic heterocycles. The Kier molecular flexibility index (Phi) is 4.99. The van der Waals surface area contributed by atoms with Crippen molar-refractivity contribution >= 4 is 23.6 Å². The van der Waals surface area contributed by atoms with E-state index in [4.69, 9.17) is 5.73 Å². The number of nitrogens with zero attached hydrogens (tertiary/aromatic N) is 1. The van der Waals surface area contributed by atoms with Gasteiger partial charge in [-0.25, -0.2) is 0 Å². The summed E-state index contributed by atoms with van der Waals surface area (Å²) in [6.07, 6.45) is 4.31. The topological polar surface area (TPSA) is 122 Å². The Hall–Kier alpha value is -2.58. The molecule has 8 nitrogen and oxygen atoms in total. The molecule has 1 aromatic carbocycles. The molecule has 3 aliphatic rings. The molecule has 4 rings (SSSR count). The molecule has 0 bridgehead atoms. The van der Waals surface area contributed by atoms with Crippen LogP contribution in [0.3, 0.4) is 0 Å². The van der Waals surface area contributed by atoms with Gasteiger partial charge in [0.05, 0.1) is 11.1 Å². The molecular weight excluding hydrogens is 360 g/mol. The van der Waals surface area contributed by atoms with E-state index in [1.54, 1.807) is 12.1 Å². The number of nitrogens with one attached hydrogen (secondary N) is 2. The second-order valence-electron chi connectivity index (χ2n) is 7.79. The van der Waals surface area contributed by atoms with Crippen molar-refractivity contribution in [1.82, 2.24) is 15.5 Å². The fraction of sp³-hybridized carbons (Fsp3) is 0.500. The van der Waals surface area contributed by atoms with E-state index in [1.165, 1.54) is 0 Å². The van der Waals surface area contributed by atoms with E-state index in [9.17, 15) is 19.2 Å². The summed E-state index contributed by atoms with van der Waals surface area (Å²) in [5.41, 5.74) is 7.45. The van der Waals surface area contributed by atoms with Gasteiger partial charge < -0.3 is 11.1 Å². The Balaban J connectivity index is 1.54. The summed E-state index contributed by atoms with van der Waals surface area (Å²) in [4.78, 5) is 50.5. The molecule has 2 heterocycles. The van der Waals surface area contributed by atoms with E-state index >= 15 is 0 Å². The van der Waals surface area contributed by atoms with Gasteiger partial charge >= 0.3 is 0 Å². The molecule has 0 aromatic heterocycles. The molecule has 1 aromatic rings. The van der Waals surface area contributed by atoms with Crippen LogP contribution in [0.25, 0.3) is 0 Å². The number of hydrogen-bond acceptors (Lipinski definition) is 6. The normalized spacial score (nSPS) is 27.8. The van der Waals surface area contributed by atoms with Crippen LogP contribution in [0.1, 0.15) is 64.8 Å². The van der Waals surface area contributed by atoms with E-state index in [2.05, 4.69) is 10.6 Å². The van der Waals surface area contributed by atoms with Gasteiger partial charge in [-0.1, -0.05) is 18.6 Å². The maximum Gasteiger partial charge on any atom is 0.262 e. The predicted molar refractivity (Wildman–Crippen MR) is 100 cm³/mol. The van der Waals surface area contributed by atoms with Gasteiger partial charge in [-0.15, -0.1) is 0 Å². The van der Waals surface area contributed by atoms with Crippen LogP contribution in [0.4, 0.5) is 0 Å². The molecule has 0 radical (unpaired) electrons. The Labute approximate surface area is 162 Å². The quantitative estimate of drug-likeness (QED) is 0.648. The van der Waals surface area contributed by atoms with Crippen LogP contribution >= 0.6 is 0 Å². The molecule has 1 aliphatic carbocycles. The van der Waals surface area contributed by atoms with E-state index in [-0.39, 0.29) is 30.8 Å².